The molecule has 1 aromatic carbocycles. The number of nitrogens with one attached hydrogen (secondary N) is 1. The van der Waals surface area contributed by atoms with Crippen LogP contribution in [0.5, 0.6) is 5.75 Å². The summed E-state index contributed by atoms with van der Waals surface area (Å²) >= 11 is 0. The number of hydrogen-bond acceptors (Lipinski definition) is 4. The Morgan fingerprint density at radius 2 is 1.93 bits per heavy atom. The van der Waals surface area contributed by atoms with Crippen LogP contribution in [-0.2, 0) is 4.74 Å². The van der Waals surface area contributed by atoms with E-state index in [-0.39, 0.29) is 0 Å². The summed E-state index contributed by atoms with van der Waals surface area (Å²) in [5.41, 5.74) is 1.33. The summed E-state index contributed by atoms with van der Waals surface area (Å²) in [4.78, 5) is 9.40. The maximum Gasteiger partial charge on any atom is 0.193 e. The van der Waals surface area contributed by atoms with Crippen molar-refractivity contribution in [1.82, 2.24) is 15.1 Å². The molecule has 6 heteroatoms. The Morgan fingerprint density at radius 3 is 2.55 bits per heavy atom. The van der Waals surface area contributed by atoms with Gasteiger partial charge in [-0.2, -0.15) is 0 Å². The fraction of sp³-hybridized carbons (Fsp3) is 0.696. The second kappa shape index (κ2) is 11.4. The molecule has 0 aliphatic carbocycles. The van der Waals surface area contributed by atoms with Crippen LogP contribution in [0.3, 0.4) is 0 Å². The van der Waals surface area contributed by atoms with Crippen molar-refractivity contribution >= 4 is 5.96 Å². The normalized spacial score (nSPS) is 19.9. The molecule has 2 saturated heterocycles. The number of benzene rings is 1. The van der Waals surface area contributed by atoms with Crippen LogP contribution in [0.15, 0.2) is 29.3 Å². The van der Waals surface area contributed by atoms with E-state index in [2.05, 4.69) is 51.4 Å². The van der Waals surface area contributed by atoms with Crippen molar-refractivity contribution in [2.75, 3.05) is 60.6 Å². The van der Waals surface area contributed by atoms with Crippen LogP contribution >= 0.6 is 0 Å². The van der Waals surface area contributed by atoms with Gasteiger partial charge in [0.05, 0.1) is 13.2 Å². The number of rotatable bonds is 8. The van der Waals surface area contributed by atoms with Gasteiger partial charge in [0.25, 0.3) is 0 Å². The summed E-state index contributed by atoms with van der Waals surface area (Å²) in [5, 5.41) is 3.64. The van der Waals surface area contributed by atoms with E-state index in [1.54, 1.807) is 7.11 Å². The first-order valence-corrected chi connectivity index (χ1v) is 11.1. The van der Waals surface area contributed by atoms with Gasteiger partial charge in [-0.1, -0.05) is 12.1 Å². The van der Waals surface area contributed by atoms with E-state index in [1.165, 1.54) is 37.7 Å². The Kier molecular flexibility index (Phi) is 8.62. The Labute approximate surface area is 176 Å². The average Bonchev–Trinajstić information content (AvgIpc) is 3.30. The van der Waals surface area contributed by atoms with E-state index in [0.29, 0.717) is 6.04 Å². The van der Waals surface area contributed by atoms with E-state index >= 15 is 0 Å². The van der Waals surface area contributed by atoms with E-state index in [4.69, 9.17) is 9.47 Å². The van der Waals surface area contributed by atoms with Crippen LogP contribution < -0.4 is 10.1 Å². The molecule has 1 N–H and O–H groups in total. The average molecular weight is 403 g/mol. The molecule has 2 heterocycles. The van der Waals surface area contributed by atoms with Crippen LogP contribution in [0.25, 0.3) is 0 Å². The van der Waals surface area contributed by atoms with Gasteiger partial charge in [-0.05, 0) is 68.8 Å². The van der Waals surface area contributed by atoms with Gasteiger partial charge < -0.3 is 19.7 Å². The SMILES string of the molecule is CN=C(NCC(c1ccc(OC)cc1)N1CCCC1)N(C)CCC1CCOCC1. The van der Waals surface area contributed by atoms with Crippen molar-refractivity contribution < 1.29 is 9.47 Å². The maximum atomic E-state index is 5.48. The summed E-state index contributed by atoms with van der Waals surface area (Å²) in [6.45, 7) is 6.05. The smallest absolute Gasteiger partial charge is 0.193 e. The quantitative estimate of drug-likeness (QED) is 0.535. The first-order chi connectivity index (χ1) is 14.2. The number of methoxy groups -OCH3 is 1. The number of likely N-dealkylation sites (tertiary alicyclic amines) is 1. The Bertz CT molecular complexity index is 622. The monoisotopic (exact) mass is 402 g/mol. The van der Waals surface area contributed by atoms with Gasteiger partial charge >= 0.3 is 0 Å². The third kappa shape index (κ3) is 6.34. The molecule has 0 spiro atoms. The molecule has 29 heavy (non-hydrogen) atoms. The molecule has 1 unspecified atom stereocenters. The van der Waals surface area contributed by atoms with Crippen LogP contribution in [0, 0.1) is 5.92 Å². The molecule has 6 nitrogen and oxygen atoms in total. The zero-order valence-electron chi connectivity index (χ0n) is 18.4. The first kappa shape index (κ1) is 21.9. The highest BCUT2D eigenvalue weighted by Gasteiger charge is 2.24. The summed E-state index contributed by atoms with van der Waals surface area (Å²) in [6.07, 6.45) is 6.15. The van der Waals surface area contributed by atoms with Gasteiger partial charge in [0.15, 0.2) is 5.96 Å². The second-order valence-electron chi connectivity index (χ2n) is 8.23. The topological polar surface area (TPSA) is 49.3 Å². The standard InChI is InChI=1S/C23H38N4O2/c1-24-23(26(2)15-10-19-11-16-29-17-12-19)25-18-22(27-13-4-5-14-27)20-6-8-21(28-3)9-7-20/h6-9,19,22H,4-5,10-18H2,1-3H3,(H,24,25). The highest BCUT2D eigenvalue weighted by Crippen LogP contribution is 2.26. The van der Waals surface area contributed by atoms with Crippen LogP contribution in [0.4, 0.5) is 0 Å². The molecule has 0 aromatic heterocycles. The summed E-state index contributed by atoms with van der Waals surface area (Å²) in [7, 11) is 5.74. The Hall–Kier alpha value is -1.79. The summed E-state index contributed by atoms with van der Waals surface area (Å²) in [5.74, 6) is 2.67. The van der Waals surface area contributed by atoms with Gasteiger partial charge in [-0.15, -0.1) is 0 Å². The number of guanidine groups is 1. The molecule has 1 atom stereocenters. The molecule has 0 radical (unpaired) electrons. The zero-order chi connectivity index (χ0) is 20.5. The molecule has 2 fully saturated rings. The minimum Gasteiger partial charge on any atom is -0.497 e. The molecular weight excluding hydrogens is 364 g/mol. The largest absolute Gasteiger partial charge is 0.497 e. The molecule has 2 aliphatic heterocycles. The molecule has 3 rings (SSSR count). The fourth-order valence-corrected chi connectivity index (χ4v) is 4.43. The van der Waals surface area contributed by atoms with Gasteiger partial charge in [0, 0.05) is 40.4 Å². The van der Waals surface area contributed by atoms with Crippen LogP contribution in [0.1, 0.15) is 43.7 Å². The minimum absolute atomic E-state index is 0.351. The van der Waals surface area contributed by atoms with Crippen molar-refractivity contribution in [3.05, 3.63) is 29.8 Å². The van der Waals surface area contributed by atoms with Gasteiger partial charge in [0.1, 0.15) is 5.75 Å². The summed E-state index contributed by atoms with van der Waals surface area (Å²) in [6, 6.07) is 8.87. The fourth-order valence-electron chi connectivity index (χ4n) is 4.43. The number of ether oxygens (including phenoxy) is 2. The minimum atomic E-state index is 0.351. The molecule has 0 saturated carbocycles. The van der Waals surface area contributed by atoms with Crippen molar-refractivity contribution in [1.29, 1.82) is 0 Å². The molecule has 0 bridgehead atoms. The van der Waals surface area contributed by atoms with Gasteiger partial charge in [0.2, 0.25) is 0 Å². The van der Waals surface area contributed by atoms with Crippen molar-refractivity contribution in [2.45, 2.75) is 38.1 Å². The third-order valence-electron chi connectivity index (χ3n) is 6.32. The van der Waals surface area contributed by atoms with E-state index < -0.39 is 0 Å². The predicted octanol–water partition coefficient (Wildman–Crippen LogP) is 3.16. The maximum absolute atomic E-state index is 5.48. The highest BCUT2D eigenvalue weighted by molar-refractivity contribution is 5.79. The predicted molar refractivity (Wildman–Crippen MR) is 119 cm³/mol. The number of hydrogen-bond donors (Lipinski definition) is 1. The lowest BCUT2D eigenvalue weighted by Crippen LogP contribution is -2.44. The van der Waals surface area contributed by atoms with Crippen LogP contribution in [-0.4, -0.2) is 76.4 Å². The van der Waals surface area contributed by atoms with Crippen molar-refractivity contribution in [2.24, 2.45) is 10.9 Å². The van der Waals surface area contributed by atoms with E-state index in [0.717, 1.165) is 57.0 Å². The third-order valence-corrected chi connectivity index (χ3v) is 6.32. The number of nitrogens with zero attached hydrogens (tertiary/aromatic N) is 3. The molecule has 2 aliphatic rings. The van der Waals surface area contributed by atoms with Crippen molar-refractivity contribution in [3.8, 4) is 5.75 Å². The lowest BCUT2D eigenvalue weighted by atomic mass is 9.96. The molecular formula is C23H38N4O2. The second-order valence-corrected chi connectivity index (χ2v) is 8.23. The first-order valence-electron chi connectivity index (χ1n) is 11.1. The number of aliphatic imine (C=N–C) groups is 1. The van der Waals surface area contributed by atoms with Crippen LogP contribution in [0.2, 0.25) is 0 Å². The highest BCUT2D eigenvalue weighted by atomic mass is 16.5. The molecule has 162 valence electrons. The van der Waals surface area contributed by atoms with Crippen molar-refractivity contribution in [3.63, 3.8) is 0 Å². The van der Waals surface area contributed by atoms with Gasteiger partial charge in [-0.25, -0.2) is 0 Å². The molecule has 1 aromatic rings. The lowest BCUT2D eigenvalue weighted by molar-refractivity contribution is 0.0625. The molecule has 0 amide bonds. The zero-order valence-corrected chi connectivity index (χ0v) is 18.4. The van der Waals surface area contributed by atoms with E-state index in [9.17, 15) is 0 Å². The Morgan fingerprint density at radius 1 is 1.24 bits per heavy atom. The van der Waals surface area contributed by atoms with E-state index in [1.807, 2.05) is 7.05 Å². The summed E-state index contributed by atoms with van der Waals surface area (Å²) < 4.78 is 10.8. The van der Waals surface area contributed by atoms with Gasteiger partial charge in [-0.3, -0.25) is 9.89 Å². The Balaban J connectivity index is 1.57. The lowest BCUT2D eigenvalue weighted by Gasteiger charge is -2.31.